The SMILES string of the molecule is Cc1ccnc(NC(=O)C2CC2)c1.Cc1ncc(NCCC(C)(C)F)cc1-c1ccccc1.NC=O. The van der Waals surface area contributed by atoms with Crippen LogP contribution in [0.5, 0.6) is 0 Å². The molecule has 192 valence electrons. The molecule has 2 heterocycles. The zero-order valence-corrected chi connectivity index (χ0v) is 21.4. The monoisotopic (exact) mass is 493 g/mol. The van der Waals surface area contributed by atoms with E-state index in [0.717, 1.165) is 40.9 Å². The maximum atomic E-state index is 13.4. The molecule has 1 aliphatic carbocycles. The highest BCUT2D eigenvalue weighted by molar-refractivity contribution is 5.93. The highest BCUT2D eigenvalue weighted by Crippen LogP contribution is 2.30. The number of benzene rings is 1. The number of nitrogens with zero attached hydrogens (tertiary/aromatic N) is 2. The van der Waals surface area contributed by atoms with Gasteiger partial charge in [0.1, 0.15) is 11.5 Å². The second kappa shape index (κ2) is 13.9. The Labute approximate surface area is 212 Å². The molecule has 0 saturated heterocycles. The first-order valence-corrected chi connectivity index (χ1v) is 12.0. The lowest BCUT2D eigenvalue weighted by Crippen LogP contribution is -2.17. The third-order valence-electron chi connectivity index (χ3n) is 5.34. The highest BCUT2D eigenvalue weighted by Gasteiger charge is 2.29. The highest BCUT2D eigenvalue weighted by atomic mass is 19.1. The lowest BCUT2D eigenvalue weighted by Gasteiger charge is -2.15. The average molecular weight is 494 g/mol. The number of aromatic nitrogens is 2. The van der Waals surface area contributed by atoms with Crippen LogP contribution in [0.25, 0.3) is 11.1 Å². The quantitative estimate of drug-likeness (QED) is 0.379. The summed E-state index contributed by atoms with van der Waals surface area (Å²) in [6.45, 7) is 7.77. The molecular formula is C28H36FN5O2. The Hall–Kier alpha value is -3.81. The molecule has 4 N–H and O–H groups in total. The van der Waals surface area contributed by atoms with E-state index in [1.807, 2.05) is 44.2 Å². The van der Waals surface area contributed by atoms with Crippen LogP contribution in [-0.2, 0) is 9.59 Å². The predicted octanol–water partition coefficient (Wildman–Crippen LogP) is 5.45. The Kier molecular flexibility index (Phi) is 11.0. The van der Waals surface area contributed by atoms with E-state index < -0.39 is 5.67 Å². The molecule has 0 unspecified atom stereocenters. The number of nitrogens with one attached hydrogen (secondary N) is 2. The maximum absolute atomic E-state index is 13.4. The summed E-state index contributed by atoms with van der Waals surface area (Å²) in [5, 5.41) is 6.03. The molecule has 0 spiro atoms. The molecule has 4 rings (SSSR count). The van der Waals surface area contributed by atoms with Crippen LogP contribution in [0.4, 0.5) is 15.9 Å². The predicted molar refractivity (Wildman–Crippen MR) is 143 cm³/mol. The molecule has 1 saturated carbocycles. The number of aryl methyl sites for hydroxylation is 2. The van der Waals surface area contributed by atoms with E-state index >= 15 is 0 Å². The van der Waals surface area contributed by atoms with Gasteiger partial charge in [-0.2, -0.15) is 0 Å². The smallest absolute Gasteiger partial charge is 0.228 e. The van der Waals surface area contributed by atoms with Crippen LogP contribution < -0.4 is 16.4 Å². The van der Waals surface area contributed by atoms with E-state index in [4.69, 9.17) is 4.79 Å². The van der Waals surface area contributed by atoms with Crippen molar-refractivity contribution < 1.29 is 14.0 Å². The number of carbonyl (C=O) groups excluding carboxylic acids is 2. The fourth-order valence-corrected chi connectivity index (χ4v) is 3.22. The lowest BCUT2D eigenvalue weighted by molar-refractivity contribution is -0.117. The second-order valence-corrected chi connectivity index (χ2v) is 9.24. The topological polar surface area (TPSA) is 110 Å². The minimum absolute atomic E-state index is 0.109. The molecule has 1 fully saturated rings. The molecule has 1 aromatic carbocycles. The first-order valence-electron chi connectivity index (χ1n) is 12.0. The minimum atomic E-state index is -1.15. The zero-order chi connectivity index (χ0) is 26.6. The fraction of sp³-hybridized carbons (Fsp3) is 0.357. The van der Waals surface area contributed by atoms with Gasteiger partial charge in [-0.25, -0.2) is 9.37 Å². The molecule has 2 amide bonds. The van der Waals surface area contributed by atoms with Crippen LogP contribution in [0.1, 0.15) is 44.4 Å². The summed E-state index contributed by atoms with van der Waals surface area (Å²) < 4.78 is 13.4. The molecule has 0 atom stereocenters. The second-order valence-electron chi connectivity index (χ2n) is 9.24. The number of halogens is 1. The van der Waals surface area contributed by atoms with E-state index in [1.54, 1.807) is 26.2 Å². The van der Waals surface area contributed by atoms with Crippen molar-refractivity contribution in [2.75, 3.05) is 17.2 Å². The van der Waals surface area contributed by atoms with E-state index in [9.17, 15) is 9.18 Å². The van der Waals surface area contributed by atoms with Crippen molar-refractivity contribution in [3.63, 3.8) is 0 Å². The number of hydrogen-bond acceptors (Lipinski definition) is 5. The van der Waals surface area contributed by atoms with Gasteiger partial charge in [0.25, 0.3) is 0 Å². The average Bonchev–Trinajstić information content (AvgIpc) is 3.67. The first kappa shape index (κ1) is 28.4. The van der Waals surface area contributed by atoms with Crippen molar-refractivity contribution in [3.05, 3.63) is 72.2 Å². The molecule has 0 aliphatic heterocycles. The van der Waals surface area contributed by atoms with Gasteiger partial charge < -0.3 is 16.4 Å². The Morgan fingerprint density at radius 3 is 2.39 bits per heavy atom. The zero-order valence-electron chi connectivity index (χ0n) is 21.4. The van der Waals surface area contributed by atoms with Crippen LogP contribution in [0.15, 0.2) is 60.9 Å². The van der Waals surface area contributed by atoms with Crippen LogP contribution >= 0.6 is 0 Å². The van der Waals surface area contributed by atoms with Gasteiger partial charge in [-0.3, -0.25) is 14.6 Å². The normalized spacial score (nSPS) is 12.2. The molecule has 0 bridgehead atoms. The standard InChI is InChI=1S/C17H21FN2.C10H12N2O.CH3NO/c1-13-16(14-7-5-4-6-8-14)11-15(12-20-13)19-10-9-17(2,3)18;1-7-4-5-11-9(6-7)12-10(13)8-2-3-8;2-1-3/h4-8,11-12,19H,9-10H2,1-3H3;4-6,8H,2-3H2,1H3,(H,11,12,13);1H,(H2,2,3). The molecule has 0 radical (unpaired) electrons. The fourth-order valence-electron chi connectivity index (χ4n) is 3.22. The largest absolute Gasteiger partial charge is 0.384 e. The van der Waals surface area contributed by atoms with E-state index in [2.05, 4.69) is 44.5 Å². The molecule has 8 heteroatoms. The van der Waals surface area contributed by atoms with Crippen molar-refractivity contribution in [1.29, 1.82) is 0 Å². The van der Waals surface area contributed by atoms with Gasteiger partial charge in [-0.05, 0) is 76.3 Å². The summed E-state index contributed by atoms with van der Waals surface area (Å²) in [5.41, 5.74) is 8.31. The number of primary amides is 1. The van der Waals surface area contributed by atoms with Gasteiger partial charge in [-0.15, -0.1) is 0 Å². The van der Waals surface area contributed by atoms with Crippen molar-refractivity contribution in [3.8, 4) is 11.1 Å². The van der Waals surface area contributed by atoms with E-state index in [1.165, 1.54) is 0 Å². The summed E-state index contributed by atoms with van der Waals surface area (Å²) in [6.07, 6.45) is 6.28. The van der Waals surface area contributed by atoms with Gasteiger partial charge in [-0.1, -0.05) is 30.3 Å². The number of carbonyl (C=O) groups is 2. The number of pyridine rings is 2. The molecular weight excluding hydrogens is 457 g/mol. The van der Waals surface area contributed by atoms with Crippen molar-refractivity contribution >= 4 is 23.8 Å². The number of nitrogens with two attached hydrogens (primary N) is 1. The number of rotatable bonds is 7. The molecule has 7 nitrogen and oxygen atoms in total. The third kappa shape index (κ3) is 10.6. The Morgan fingerprint density at radius 2 is 1.81 bits per heavy atom. The van der Waals surface area contributed by atoms with Gasteiger partial charge >= 0.3 is 0 Å². The molecule has 3 aromatic rings. The summed E-state index contributed by atoms with van der Waals surface area (Å²) in [6, 6.07) is 16.0. The Bertz CT molecular complexity index is 1110. The molecule has 1 aliphatic rings. The summed E-state index contributed by atoms with van der Waals surface area (Å²) in [7, 11) is 0. The van der Waals surface area contributed by atoms with E-state index in [0.29, 0.717) is 18.8 Å². The summed E-state index contributed by atoms with van der Waals surface area (Å²) in [5.74, 6) is 1.01. The molecule has 2 aromatic heterocycles. The van der Waals surface area contributed by atoms with Crippen molar-refractivity contribution in [2.24, 2.45) is 11.7 Å². The van der Waals surface area contributed by atoms with Crippen LogP contribution in [0, 0.1) is 19.8 Å². The summed E-state index contributed by atoms with van der Waals surface area (Å²) in [4.78, 5) is 28.4. The van der Waals surface area contributed by atoms with Gasteiger partial charge in [0.05, 0.1) is 11.9 Å². The number of hydrogen-bond donors (Lipinski definition) is 3. The van der Waals surface area contributed by atoms with Gasteiger partial charge in [0.2, 0.25) is 12.3 Å². The molecule has 36 heavy (non-hydrogen) atoms. The van der Waals surface area contributed by atoms with Crippen molar-refractivity contribution in [1.82, 2.24) is 9.97 Å². The van der Waals surface area contributed by atoms with E-state index in [-0.39, 0.29) is 18.2 Å². The first-order chi connectivity index (χ1) is 17.1. The van der Waals surface area contributed by atoms with Gasteiger partial charge in [0.15, 0.2) is 0 Å². The van der Waals surface area contributed by atoms with Crippen molar-refractivity contribution in [2.45, 2.75) is 52.6 Å². The van der Waals surface area contributed by atoms with Gasteiger partial charge in [0, 0.05) is 29.9 Å². The Balaban J connectivity index is 0.000000244. The van der Waals surface area contributed by atoms with Crippen LogP contribution in [0.2, 0.25) is 0 Å². The number of anilines is 2. The lowest BCUT2D eigenvalue weighted by atomic mass is 10.0. The minimum Gasteiger partial charge on any atom is -0.384 e. The van der Waals surface area contributed by atoms with Crippen LogP contribution in [0.3, 0.4) is 0 Å². The number of alkyl halides is 1. The number of amides is 2. The Morgan fingerprint density at radius 1 is 1.14 bits per heavy atom. The van der Waals surface area contributed by atoms with Crippen LogP contribution in [-0.4, -0.2) is 34.5 Å². The third-order valence-corrected chi connectivity index (χ3v) is 5.34. The maximum Gasteiger partial charge on any atom is 0.228 e. The summed E-state index contributed by atoms with van der Waals surface area (Å²) >= 11 is 0.